The minimum absolute atomic E-state index is 0.0732. The van der Waals surface area contributed by atoms with Gasteiger partial charge in [0.25, 0.3) is 5.56 Å². The van der Waals surface area contributed by atoms with Gasteiger partial charge in [-0.3, -0.25) is 9.18 Å². The van der Waals surface area contributed by atoms with Crippen LogP contribution in [0.3, 0.4) is 0 Å². The molecule has 4 nitrogen and oxygen atoms in total. The van der Waals surface area contributed by atoms with E-state index in [1.807, 2.05) is 42.5 Å². The summed E-state index contributed by atoms with van der Waals surface area (Å²) >= 11 is 0. The van der Waals surface area contributed by atoms with E-state index in [1.54, 1.807) is 6.20 Å². The van der Waals surface area contributed by atoms with E-state index in [2.05, 4.69) is 4.57 Å². The van der Waals surface area contributed by atoms with Gasteiger partial charge in [0, 0.05) is 46.5 Å². The average molecular weight is 338 g/mol. The molecule has 0 saturated heterocycles. The molecule has 0 unspecified atom stereocenters. The summed E-state index contributed by atoms with van der Waals surface area (Å²) < 4.78 is 16.4. The molecule has 128 valence electrons. The van der Waals surface area contributed by atoms with E-state index in [1.165, 1.54) is 4.57 Å². The number of aromatic nitrogens is 2. The molecule has 25 heavy (non-hydrogen) atoms. The molecule has 0 aliphatic carbocycles. The molecule has 0 spiro atoms. The topological polar surface area (TPSA) is 47.2 Å². The second kappa shape index (κ2) is 6.33. The largest absolute Gasteiger partial charge is 0.395 e. The Labute approximate surface area is 143 Å². The Balaban J connectivity index is 2.11. The van der Waals surface area contributed by atoms with Crippen LogP contribution in [0.15, 0.2) is 53.5 Å². The molecule has 0 aliphatic rings. The summed E-state index contributed by atoms with van der Waals surface area (Å²) in [4.78, 5) is 12.7. The van der Waals surface area contributed by atoms with Crippen LogP contribution in [0.4, 0.5) is 4.39 Å². The highest BCUT2D eigenvalue weighted by atomic mass is 19.1. The van der Waals surface area contributed by atoms with E-state index in [-0.39, 0.29) is 25.4 Å². The van der Waals surface area contributed by atoms with Gasteiger partial charge in [-0.2, -0.15) is 0 Å². The van der Waals surface area contributed by atoms with E-state index in [0.717, 1.165) is 27.2 Å². The van der Waals surface area contributed by atoms with E-state index < -0.39 is 0 Å². The van der Waals surface area contributed by atoms with Gasteiger partial charge in [0.15, 0.2) is 0 Å². The number of alkyl halides is 1. The minimum atomic E-state index is -0.354. The fraction of sp³-hybridized carbons (Fsp3) is 0.250. The summed E-state index contributed by atoms with van der Waals surface area (Å²) in [5.41, 5.74) is 1.97. The van der Waals surface area contributed by atoms with Crippen molar-refractivity contribution >= 4 is 32.6 Å². The molecule has 2 aromatic carbocycles. The van der Waals surface area contributed by atoms with Gasteiger partial charge in [0.1, 0.15) is 0 Å². The summed E-state index contributed by atoms with van der Waals surface area (Å²) in [6, 6.07) is 13.7. The summed E-state index contributed by atoms with van der Waals surface area (Å²) in [7, 11) is 0. The van der Waals surface area contributed by atoms with Gasteiger partial charge in [0.2, 0.25) is 0 Å². The van der Waals surface area contributed by atoms with Crippen LogP contribution in [0.5, 0.6) is 0 Å². The molecule has 0 saturated carbocycles. The fourth-order valence-electron chi connectivity index (χ4n) is 3.66. The van der Waals surface area contributed by atoms with E-state index in [9.17, 15) is 9.18 Å². The van der Waals surface area contributed by atoms with Gasteiger partial charge >= 0.3 is 0 Å². The van der Waals surface area contributed by atoms with Crippen LogP contribution in [0.1, 0.15) is 6.42 Å². The molecule has 2 aromatic heterocycles. The Morgan fingerprint density at radius 2 is 1.76 bits per heavy atom. The molecule has 0 fully saturated rings. The number of pyridine rings is 1. The lowest BCUT2D eigenvalue weighted by Crippen LogP contribution is -2.21. The van der Waals surface area contributed by atoms with Crippen LogP contribution in [0, 0.1) is 0 Å². The van der Waals surface area contributed by atoms with Gasteiger partial charge in [-0.15, -0.1) is 0 Å². The van der Waals surface area contributed by atoms with E-state index in [4.69, 9.17) is 5.11 Å². The van der Waals surface area contributed by atoms with Gasteiger partial charge in [-0.1, -0.05) is 18.2 Å². The monoisotopic (exact) mass is 338 g/mol. The molecule has 0 bridgehead atoms. The number of halogens is 1. The van der Waals surface area contributed by atoms with Gasteiger partial charge < -0.3 is 14.2 Å². The van der Waals surface area contributed by atoms with Crippen molar-refractivity contribution < 1.29 is 9.50 Å². The third-order valence-electron chi connectivity index (χ3n) is 4.75. The van der Waals surface area contributed by atoms with Crippen molar-refractivity contribution in [3.05, 3.63) is 59.0 Å². The van der Waals surface area contributed by atoms with E-state index >= 15 is 0 Å². The van der Waals surface area contributed by atoms with Crippen molar-refractivity contribution in [3.63, 3.8) is 0 Å². The van der Waals surface area contributed by atoms with Crippen LogP contribution in [0.2, 0.25) is 0 Å². The number of rotatable bonds is 5. The summed E-state index contributed by atoms with van der Waals surface area (Å²) in [6.07, 6.45) is 2.19. The predicted molar refractivity (Wildman–Crippen MR) is 98.9 cm³/mol. The molecule has 0 atom stereocenters. The lowest BCUT2D eigenvalue weighted by Gasteiger charge is -2.08. The maximum atomic E-state index is 12.7. The Bertz CT molecular complexity index is 1130. The zero-order chi connectivity index (χ0) is 17.4. The van der Waals surface area contributed by atoms with Crippen LogP contribution >= 0.6 is 0 Å². The third-order valence-corrected chi connectivity index (χ3v) is 4.75. The number of benzene rings is 2. The Morgan fingerprint density at radius 3 is 2.56 bits per heavy atom. The standard InChI is InChI=1S/C20H19FN2O2/c21-9-3-10-23-17-5-2-1-4-16(17)19-14-8-11-22(12-13-24)20(25)15(14)6-7-18(19)23/h1-2,4-8,11,24H,3,9-10,12-13H2. The van der Waals surface area contributed by atoms with Crippen molar-refractivity contribution in [2.45, 2.75) is 19.5 Å². The lowest BCUT2D eigenvalue weighted by molar-refractivity contribution is 0.274. The number of nitrogens with zero attached hydrogens (tertiary/aromatic N) is 2. The number of fused-ring (bicyclic) bond motifs is 5. The molecule has 2 heterocycles. The van der Waals surface area contributed by atoms with Crippen LogP contribution in [-0.4, -0.2) is 27.5 Å². The molecule has 1 N–H and O–H groups in total. The highest BCUT2D eigenvalue weighted by molar-refractivity contribution is 6.20. The maximum absolute atomic E-state index is 12.7. The van der Waals surface area contributed by atoms with Crippen LogP contribution in [-0.2, 0) is 13.1 Å². The number of para-hydroxylation sites is 1. The summed E-state index contributed by atoms with van der Waals surface area (Å²) in [6.45, 7) is 0.461. The van der Waals surface area contributed by atoms with E-state index in [0.29, 0.717) is 18.4 Å². The normalized spacial score (nSPS) is 11.8. The number of aliphatic hydroxyl groups is 1. The molecule has 5 heteroatoms. The first-order valence-electron chi connectivity index (χ1n) is 8.46. The van der Waals surface area contributed by atoms with Crippen LogP contribution < -0.4 is 5.56 Å². The summed E-state index contributed by atoms with van der Waals surface area (Å²) in [5, 5.41) is 12.8. The second-order valence-electron chi connectivity index (χ2n) is 6.17. The number of hydrogen-bond acceptors (Lipinski definition) is 2. The van der Waals surface area contributed by atoms with Crippen molar-refractivity contribution in [2.75, 3.05) is 13.3 Å². The van der Waals surface area contributed by atoms with Crippen LogP contribution in [0.25, 0.3) is 32.6 Å². The zero-order valence-electron chi connectivity index (χ0n) is 13.8. The first kappa shape index (κ1) is 15.8. The molecule has 4 aromatic rings. The maximum Gasteiger partial charge on any atom is 0.258 e. The highest BCUT2D eigenvalue weighted by Crippen LogP contribution is 2.33. The van der Waals surface area contributed by atoms with Crippen molar-refractivity contribution in [3.8, 4) is 0 Å². The molecule has 0 radical (unpaired) electrons. The Morgan fingerprint density at radius 1 is 0.920 bits per heavy atom. The second-order valence-corrected chi connectivity index (χ2v) is 6.17. The van der Waals surface area contributed by atoms with Gasteiger partial charge in [-0.05, 0) is 36.1 Å². The molecule has 4 rings (SSSR count). The molecule has 0 aliphatic heterocycles. The van der Waals surface area contributed by atoms with Crippen molar-refractivity contribution in [2.24, 2.45) is 0 Å². The lowest BCUT2D eigenvalue weighted by atomic mass is 10.1. The van der Waals surface area contributed by atoms with Gasteiger partial charge in [-0.25, -0.2) is 0 Å². The minimum Gasteiger partial charge on any atom is -0.395 e. The molecule has 0 amide bonds. The first-order chi connectivity index (χ1) is 12.3. The highest BCUT2D eigenvalue weighted by Gasteiger charge is 2.14. The first-order valence-corrected chi connectivity index (χ1v) is 8.46. The average Bonchev–Trinajstić information content (AvgIpc) is 2.96. The third kappa shape index (κ3) is 2.43. The fourth-order valence-corrected chi connectivity index (χ4v) is 3.66. The van der Waals surface area contributed by atoms with Crippen molar-refractivity contribution in [1.82, 2.24) is 9.13 Å². The number of hydrogen-bond donors (Lipinski definition) is 1. The molecular weight excluding hydrogens is 319 g/mol. The number of aryl methyl sites for hydroxylation is 1. The quantitative estimate of drug-likeness (QED) is 0.606. The predicted octanol–water partition coefficient (Wildman–Crippen LogP) is 3.46. The number of aliphatic hydroxyl groups excluding tert-OH is 1. The Kier molecular flexibility index (Phi) is 4.01. The van der Waals surface area contributed by atoms with Gasteiger partial charge in [0.05, 0.1) is 13.3 Å². The van der Waals surface area contributed by atoms with Crippen molar-refractivity contribution in [1.29, 1.82) is 0 Å². The Hall–Kier alpha value is -2.66. The zero-order valence-corrected chi connectivity index (χ0v) is 13.8. The smallest absolute Gasteiger partial charge is 0.258 e. The SMILES string of the molecule is O=c1c2ccc3c(c2ccn1CCO)c1ccccc1n3CCCF. The summed E-state index contributed by atoms with van der Waals surface area (Å²) in [5.74, 6) is 0. The molecular formula is C20H19FN2O2.